The molecule has 0 radical (unpaired) electrons. The first-order valence-corrected chi connectivity index (χ1v) is 4.68. The summed E-state index contributed by atoms with van der Waals surface area (Å²) >= 11 is 3.15. The van der Waals surface area contributed by atoms with Gasteiger partial charge in [-0.1, -0.05) is 0 Å². The fourth-order valence-electron chi connectivity index (χ4n) is 1.31. The van der Waals surface area contributed by atoms with Gasteiger partial charge < -0.3 is 0 Å². The molecule has 0 fully saturated rings. The largest absolute Gasteiger partial charge is 0.261 e. The van der Waals surface area contributed by atoms with Crippen molar-refractivity contribution in [3.8, 4) is 0 Å². The quantitative estimate of drug-likeness (QED) is 0.687. The first-order valence-electron chi connectivity index (χ1n) is 3.89. The molecule has 1 aromatic carbocycles. The van der Waals surface area contributed by atoms with Crippen LogP contribution in [0.5, 0.6) is 0 Å². The Kier molecular flexibility index (Phi) is 2.04. The number of aromatic nitrogens is 1. The molecule has 0 N–H and O–H groups in total. The molecule has 0 saturated heterocycles. The van der Waals surface area contributed by atoms with Crippen LogP contribution in [0.25, 0.3) is 10.8 Å². The standard InChI is InChI=1S/C10H7BrFN/c1-6-8-5-10(12)9(11)4-7(8)2-3-13-6/h2-5H,1H3. The molecular weight excluding hydrogens is 233 g/mol. The number of nitrogens with zero attached hydrogens (tertiary/aromatic N) is 1. The van der Waals surface area contributed by atoms with Crippen molar-refractivity contribution in [2.75, 3.05) is 0 Å². The number of hydrogen-bond acceptors (Lipinski definition) is 1. The van der Waals surface area contributed by atoms with Crippen LogP contribution in [0.1, 0.15) is 5.69 Å². The number of hydrogen-bond donors (Lipinski definition) is 0. The van der Waals surface area contributed by atoms with Gasteiger partial charge in [0.05, 0.1) is 4.47 Å². The Morgan fingerprint density at radius 3 is 2.92 bits per heavy atom. The zero-order valence-electron chi connectivity index (χ0n) is 7.01. The van der Waals surface area contributed by atoms with Crippen LogP contribution >= 0.6 is 15.9 Å². The molecule has 2 aromatic rings. The fraction of sp³-hybridized carbons (Fsp3) is 0.100. The summed E-state index contributed by atoms with van der Waals surface area (Å²) in [6.45, 7) is 1.87. The first-order chi connectivity index (χ1) is 6.18. The van der Waals surface area contributed by atoms with Crippen molar-refractivity contribution in [1.29, 1.82) is 0 Å². The summed E-state index contributed by atoms with van der Waals surface area (Å²) in [7, 11) is 0. The van der Waals surface area contributed by atoms with E-state index >= 15 is 0 Å². The molecule has 0 unspecified atom stereocenters. The molecule has 1 nitrogen and oxygen atoms in total. The molecular formula is C10H7BrFN. The zero-order valence-corrected chi connectivity index (χ0v) is 8.60. The summed E-state index contributed by atoms with van der Waals surface area (Å²) in [6.07, 6.45) is 1.72. The number of aryl methyl sites for hydroxylation is 1. The maximum Gasteiger partial charge on any atom is 0.138 e. The lowest BCUT2D eigenvalue weighted by molar-refractivity contribution is 0.623. The van der Waals surface area contributed by atoms with Crippen molar-refractivity contribution in [3.63, 3.8) is 0 Å². The Morgan fingerprint density at radius 1 is 1.38 bits per heavy atom. The predicted molar refractivity (Wildman–Crippen MR) is 54.1 cm³/mol. The molecule has 3 heteroatoms. The summed E-state index contributed by atoms with van der Waals surface area (Å²) in [6, 6.07) is 5.13. The Hall–Kier alpha value is -0.960. The zero-order chi connectivity index (χ0) is 9.42. The van der Waals surface area contributed by atoms with Crippen LogP contribution in [0.4, 0.5) is 4.39 Å². The fourth-order valence-corrected chi connectivity index (χ4v) is 1.67. The first kappa shape index (κ1) is 8.63. The lowest BCUT2D eigenvalue weighted by atomic mass is 10.1. The van der Waals surface area contributed by atoms with E-state index in [-0.39, 0.29) is 5.82 Å². The second-order valence-corrected chi connectivity index (χ2v) is 3.74. The van der Waals surface area contributed by atoms with Gasteiger partial charge in [0.15, 0.2) is 0 Å². The Morgan fingerprint density at radius 2 is 2.15 bits per heavy atom. The van der Waals surface area contributed by atoms with Gasteiger partial charge >= 0.3 is 0 Å². The third-order valence-corrected chi connectivity index (χ3v) is 2.61. The highest BCUT2D eigenvalue weighted by Crippen LogP contribution is 2.24. The smallest absolute Gasteiger partial charge is 0.138 e. The van der Waals surface area contributed by atoms with Gasteiger partial charge in [-0.2, -0.15) is 0 Å². The number of pyridine rings is 1. The predicted octanol–water partition coefficient (Wildman–Crippen LogP) is 3.44. The lowest BCUT2D eigenvalue weighted by Gasteiger charge is -2.02. The van der Waals surface area contributed by atoms with Gasteiger partial charge in [-0.15, -0.1) is 0 Å². The average molecular weight is 240 g/mol. The third kappa shape index (κ3) is 1.44. The minimum atomic E-state index is -0.247. The molecule has 0 aliphatic rings. The molecule has 1 aromatic heterocycles. The van der Waals surface area contributed by atoms with Crippen LogP contribution < -0.4 is 0 Å². The minimum Gasteiger partial charge on any atom is -0.261 e. The number of fused-ring (bicyclic) bond motifs is 1. The molecule has 13 heavy (non-hydrogen) atoms. The number of halogens is 2. The highest BCUT2D eigenvalue weighted by atomic mass is 79.9. The summed E-state index contributed by atoms with van der Waals surface area (Å²) in [4.78, 5) is 4.10. The van der Waals surface area contributed by atoms with E-state index < -0.39 is 0 Å². The van der Waals surface area contributed by atoms with Crippen molar-refractivity contribution in [3.05, 3.63) is 40.4 Å². The maximum atomic E-state index is 13.2. The van der Waals surface area contributed by atoms with E-state index in [0.717, 1.165) is 16.5 Å². The molecule has 0 saturated carbocycles. The van der Waals surface area contributed by atoms with E-state index in [9.17, 15) is 4.39 Å². The normalized spacial score (nSPS) is 10.7. The van der Waals surface area contributed by atoms with Crippen molar-refractivity contribution < 1.29 is 4.39 Å². The third-order valence-electron chi connectivity index (χ3n) is 2.00. The average Bonchev–Trinajstić information content (AvgIpc) is 2.09. The van der Waals surface area contributed by atoms with Gasteiger partial charge in [0, 0.05) is 17.3 Å². The summed E-state index contributed by atoms with van der Waals surface area (Å²) in [5, 5.41) is 1.86. The van der Waals surface area contributed by atoms with Crippen molar-refractivity contribution >= 4 is 26.7 Å². The van der Waals surface area contributed by atoms with E-state index in [4.69, 9.17) is 0 Å². The van der Waals surface area contributed by atoms with Crippen LogP contribution in [0.2, 0.25) is 0 Å². The molecule has 0 amide bonds. The maximum absolute atomic E-state index is 13.2. The Balaban J connectivity index is 2.89. The molecule has 0 spiro atoms. The van der Waals surface area contributed by atoms with E-state index in [1.165, 1.54) is 6.07 Å². The van der Waals surface area contributed by atoms with Crippen molar-refractivity contribution in [1.82, 2.24) is 4.98 Å². The molecule has 0 bridgehead atoms. The molecule has 66 valence electrons. The van der Waals surface area contributed by atoms with Crippen LogP contribution in [0, 0.1) is 12.7 Å². The van der Waals surface area contributed by atoms with Crippen LogP contribution in [-0.2, 0) is 0 Å². The van der Waals surface area contributed by atoms with Crippen molar-refractivity contribution in [2.24, 2.45) is 0 Å². The lowest BCUT2D eigenvalue weighted by Crippen LogP contribution is -1.85. The molecule has 0 aliphatic carbocycles. The monoisotopic (exact) mass is 239 g/mol. The van der Waals surface area contributed by atoms with Gasteiger partial charge in [-0.05, 0) is 46.4 Å². The summed E-state index contributed by atoms with van der Waals surface area (Å²) in [5.74, 6) is -0.247. The van der Waals surface area contributed by atoms with Crippen LogP contribution in [0.15, 0.2) is 28.9 Å². The van der Waals surface area contributed by atoms with Gasteiger partial charge in [0.2, 0.25) is 0 Å². The minimum absolute atomic E-state index is 0.247. The second-order valence-electron chi connectivity index (χ2n) is 2.88. The van der Waals surface area contributed by atoms with E-state index in [0.29, 0.717) is 4.47 Å². The van der Waals surface area contributed by atoms with E-state index in [1.54, 1.807) is 12.3 Å². The van der Waals surface area contributed by atoms with Crippen LogP contribution in [-0.4, -0.2) is 4.98 Å². The van der Waals surface area contributed by atoms with E-state index in [2.05, 4.69) is 20.9 Å². The van der Waals surface area contributed by atoms with Gasteiger partial charge in [0.25, 0.3) is 0 Å². The summed E-state index contributed by atoms with van der Waals surface area (Å²) in [5.41, 5.74) is 0.851. The molecule has 0 aliphatic heterocycles. The summed E-state index contributed by atoms with van der Waals surface area (Å²) < 4.78 is 13.6. The van der Waals surface area contributed by atoms with E-state index in [1.807, 2.05) is 13.0 Å². The van der Waals surface area contributed by atoms with Crippen LogP contribution in [0.3, 0.4) is 0 Å². The number of rotatable bonds is 0. The highest BCUT2D eigenvalue weighted by molar-refractivity contribution is 9.10. The van der Waals surface area contributed by atoms with Crippen molar-refractivity contribution in [2.45, 2.75) is 6.92 Å². The van der Waals surface area contributed by atoms with Gasteiger partial charge in [0.1, 0.15) is 5.82 Å². The number of benzene rings is 1. The molecule has 2 rings (SSSR count). The van der Waals surface area contributed by atoms with Gasteiger partial charge in [-0.3, -0.25) is 4.98 Å². The molecule has 0 atom stereocenters. The Bertz CT molecular complexity index is 468. The second kappa shape index (κ2) is 3.07. The topological polar surface area (TPSA) is 12.9 Å². The SMILES string of the molecule is Cc1nccc2cc(Br)c(F)cc12. The van der Waals surface area contributed by atoms with Gasteiger partial charge in [-0.25, -0.2) is 4.39 Å². The molecule has 1 heterocycles. The highest BCUT2D eigenvalue weighted by Gasteiger charge is 2.03. The Labute approximate surface area is 83.7 Å².